The molecular formula is C12H9Br2ClN2. The zero-order valence-electron chi connectivity index (χ0n) is 8.97. The van der Waals surface area contributed by atoms with E-state index in [1.807, 2.05) is 31.2 Å². The maximum absolute atomic E-state index is 6.09. The highest BCUT2D eigenvalue weighted by Gasteiger charge is 2.04. The summed E-state index contributed by atoms with van der Waals surface area (Å²) in [5.74, 6) is 0.646. The smallest absolute Gasteiger partial charge is 0.149 e. The number of aromatic nitrogens is 1. The molecule has 0 atom stereocenters. The Labute approximate surface area is 122 Å². The zero-order valence-corrected chi connectivity index (χ0v) is 12.9. The lowest BCUT2D eigenvalue weighted by Crippen LogP contribution is -1.94. The van der Waals surface area contributed by atoms with Gasteiger partial charge >= 0.3 is 0 Å². The summed E-state index contributed by atoms with van der Waals surface area (Å²) < 4.78 is 1.88. The second kappa shape index (κ2) is 5.38. The molecule has 2 nitrogen and oxygen atoms in total. The third kappa shape index (κ3) is 3.44. The van der Waals surface area contributed by atoms with Crippen LogP contribution in [0.4, 0.5) is 11.5 Å². The van der Waals surface area contributed by atoms with Crippen LogP contribution in [0.3, 0.4) is 0 Å². The SMILES string of the molecule is Cc1cc(Br)cc(Nc2ncc(Br)cc2Cl)c1. The number of rotatable bonds is 2. The fourth-order valence-electron chi connectivity index (χ4n) is 1.45. The summed E-state index contributed by atoms with van der Waals surface area (Å²) >= 11 is 12.9. The predicted octanol–water partition coefficient (Wildman–Crippen LogP) is 5.31. The number of nitrogens with one attached hydrogen (secondary N) is 1. The Hall–Kier alpha value is -0.580. The molecule has 0 fully saturated rings. The lowest BCUT2D eigenvalue weighted by atomic mass is 10.2. The Bertz CT molecular complexity index is 538. The van der Waals surface area contributed by atoms with Gasteiger partial charge in [-0.15, -0.1) is 0 Å². The summed E-state index contributed by atoms with van der Waals surface area (Å²) in [6, 6.07) is 7.86. The van der Waals surface area contributed by atoms with Gasteiger partial charge in [0, 0.05) is 20.8 Å². The van der Waals surface area contributed by atoms with Crippen LogP contribution < -0.4 is 5.32 Å². The monoisotopic (exact) mass is 374 g/mol. The number of nitrogens with zero attached hydrogens (tertiary/aromatic N) is 1. The van der Waals surface area contributed by atoms with Crippen molar-refractivity contribution in [2.45, 2.75) is 6.92 Å². The van der Waals surface area contributed by atoms with Crippen molar-refractivity contribution < 1.29 is 0 Å². The molecule has 88 valence electrons. The Kier molecular flexibility index (Phi) is 4.07. The molecular weight excluding hydrogens is 367 g/mol. The maximum Gasteiger partial charge on any atom is 0.149 e. The van der Waals surface area contributed by atoms with Crippen molar-refractivity contribution in [3.8, 4) is 0 Å². The van der Waals surface area contributed by atoms with Crippen LogP contribution in [0.5, 0.6) is 0 Å². The molecule has 0 aliphatic heterocycles. The minimum absolute atomic E-state index is 0.581. The zero-order chi connectivity index (χ0) is 12.4. The van der Waals surface area contributed by atoms with Gasteiger partial charge in [0.15, 0.2) is 0 Å². The predicted molar refractivity (Wildman–Crippen MR) is 79.1 cm³/mol. The second-order valence-electron chi connectivity index (χ2n) is 3.63. The molecule has 0 saturated heterocycles. The molecule has 0 bridgehead atoms. The van der Waals surface area contributed by atoms with Gasteiger partial charge in [0.25, 0.3) is 0 Å². The van der Waals surface area contributed by atoms with Crippen LogP contribution >= 0.6 is 43.5 Å². The van der Waals surface area contributed by atoms with Crippen molar-refractivity contribution >= 4 is 55.0 Å². The Morgan fingerprint density at radius 1 is 1.12 bits per heavy atom. The van der Waals surface area contributed by atoms with E-state index < -0.39 is 0 Å². The Balaban J connectivity index is 2.31. The fraction of sp³-hybridized carbons (Fsp3) is 0.0833. The van der Waals surface area contributed by atoms with E-state index in [-0.39, 0.29) is 0 Å². The van der Waals surface area contributed by atoms with Crippen molar-refractivity contribution in [1.29, 1.82) is 0 Å². The third-order valence-electron chi connectivity index (χ3n) is 2.11. The fourth-order valence-corrected chi connectivity index (χ4v) is 2.74. The van der Waals surface area contributed by atoms with E-state index in [0.717, 1.165) is 20.2 Å². The maximum atomic E-state index is 6.09. The molecule has 0 aliphatic carbocycles. The minimum Gasteiger partial charge on any atom is -0.339 e. The Morgan fingerprint density at radius 2 is 1.88 bits per heavy atom. The highest BCUT2D eigenvalue weighted by molar-refractivity contribution is 9.10. The van der Waals surface area contributed by atoms with Crippen LogP contribution in [0.2, 0.25) is 5.02 Å². The van der Waals surface area contributed by atoms with Crippen LogP contribution in [-0.4, -0.2) is 4.98 Å². The molecule has 17 heavy (non-hydrogen) atoms. The number of benzene rings is 1. The Morgan fingerprint density at radius 3 is 2.53 bits per heavy atom. The number of anilines is 2. The van der Waals surface area contributed by atoms with Gasteiger partial charge < -0.3 is 5.32 Å². The number of pyridine rings is 1. The van der Waals surface area contributed by atoms with E-state index in [4.69, 9.17) is 11.6 Å². The van der Waals surface area contributed by atoms with Gasteiger partial charge in [-0.1, -0.05) is 27.5 Å². The van der Waals surface area contributed by atoms with Gasteiger partial charge in [-0.25, -0.2) is 4.98 Å². The number of aryl methyl sites for hydroxylation is 1. The van der Waals surface area contributed by atoms with Crippen LogP contribution in [-0.2, 0) is 0 Å². The summed E-state index contributed by atoms with van der Waals surface area (Å²) in [5, 5.41) is 3.77. The van der Waals surface area contributed by atoms with E-state index in [1.165, 1.54) is 0 Å². The molecule has 1 heterocycles. The van der Waals surface area contributed by atoms with Gasteiger partial charge in [0.1, 0.15) is 5.82 Å². The standard InChI is InChI=1S/C12H9Br2ClN2/c1-7-2-8(13)4-10(3-7)17-12-11(15)5-9(14)6-16-12/h2-6H,1H3,(H,16,17). The molecule has 0 amide bonds. The molecule has 0 unspecified atom stereocenters. The van der Waals surface area contributed by atoms with Gasteiger partial charge in [-0.3, -0.25) is 0 Å². The largest absolute Gasteiger partial charge is 0.339 e. The molecule has 0 aliphatic rings. The molecule has 2 aromatic rings. The highest BCUT2D eigenvalue weighted by atomic mass is 79.9. The van der Waals surface area contributed by atoms with Gasteiger partial charge in [-0.05, 0) is 52.7 Å². The molecule has 1 aromatic heterocycles. The topological polar surface area (TPSA) is 24.9 Å². The van der Waals surface area contributed by atoms with E-state index in [0.29, 0.717) is 10.8 Å². The van der Waals surface area contributed by atoms with Crippen molar-refractivity contribution in [1.82, 2.24) is 4.98 Å². The number of hydrogen-bond acceptors (Lipinski definition) is 2. The van der Waals surface area contributed by atoms with Crippen molar-refractivity contribution in [3.63, 3.8) is 0 Å². The van der Waals surface area contributed by atoms with Gasteiger partial charge in [-0.2, -0.15) is 0 Å². The van der Waals surface area contributed by atoms with Crippen molar-refractivity contribution in [2.24, 2.45) is 0 Å². The quantitative estimate of drug-likeness (QED) is 0.768. The van der Waals surface area contributed by atoms with Gasteiger partial charge in [0.05, 0.1) is 5.02 Å². The summed E-state index contributed by atoms with van der Waals surface area (Å²) in [7, 11) is 0. The first-order valence-corrected chi connectivity index (χ1v) is 6.86. The third-order valence-corrected chi connectivity index (χ3v) is 3.29. The molecule has 1 N–H and O–H groups in total. The lowest BCUT2D eigenvalue weighted by molar-refractivity contribution is 1.29. The van der Waals surface area contributed by atoms with E-state index >= 15 is 0 Å². The number of halogens is 3. The first-order chi connectivity index (χ1) is 8.04. The average Bonchev–Trinajstić information content (AvgIpc) is 2.21. The van der Waals surface area contributed by atoms with Crippen molar-refractivity contribution in [2.75, 3.05) is 5.32 Å². The van der Waals surface area contributed by atoms with Gasteiger partial charge in [0.2, 0.25) is 0 Å². The summed E-state index contributed by atoms with van der Waals surface area (Å²) in [5.41, 5.74) is 2.11. The highest BCUT2D eigenvalue weighted by Crippen LogP contribution is 2.27. The molecule has 0 radical (unpaired) electrons. The van der Waals surface area contributed by atoms with E-state index in [2.05, 4.69) is 42.2 Å². The minimum atomic E-state index is 0.581. The average molecular weight is 376 g/mol. The van der Waals surface area contributed by atoms with Crippen LogP contribution in [0.15, 0.2) is 39.4 Å². The first kappa shape index (κ1) is 12.9. The van der Waals surface area contributed by atoms with Crippen LogP contribution in [0.25, 0.3) is 0 Å². The summed E-state index contributed by atoms with van der Waals surface area (Å²) in [6.45, 7) is 2.03. The van der Waals surface area contributed by atoms with E-state index in [1.54, 1.807) is 6.20 Å². The van der Waals surface area contributed by atoms with Crippen LogP contribution in [0.1, 0.15) is 5.56 Å². The molecule has 0 spiro atoms. The first-order valence-electron chi connectivity index (χ1n) is 4.90. The second-order valence-corrected chi connectivity index (χ2v) is 5.86. The normalized spacial score (nSPS) is 10.4. The summed E-state index contributed by atoms with van der Waals surface area (Å²) in [4.78, 5) is 4.23. The lowest BCUT2D eigenvalue weighted by Gasteiger charge is -2.09. The molecule has 2 rings (SSSR count). The molecule has 5 heteroatoms. The number of hydrogen-bond donors (Lipinski definition) is 1. The van der Waals surface area contributed by atoms with Crippen LogP contribution in [0, 0.1) is 6.92 Å². The van der Waals surface area contributed by atoms with E-state index in [9.17, 15) is 0 Å². The summed E-state index contributed by atoms with van der Waals surface area (Å²) in [6.07, 6.45) is 1.71. The molecule has 1 aromatic carbocycles. The van der Waals surface area contributed by atoms with Crippen molar-refractivity contribution in [3.05, 3.63) is 50.0 Å². The molecule has 0 saturated carbocycles.